The maximum atomic E-state index is 12.2. The fraction of sp³-hybridized carbons (Fsp3) is 0.812. The Kier molecular flexibility index (Phi) is 6.22. The van der Waals surface area contributed by atoms with Gasteiger partial charge in [-0.15, -0.1) is 0 Å². The second-order valence-electron chi connectivity index (χ2n) is 6.20. The zero-order valence-corrected chi connectivity index (χ0v) is 13.8. The molecule has 0 aromatic carbocycles. The van der Waals surface area contributed by atoms with Crippen molar-refractivity contribution in [1.29, 1.82) is 5.26 Å². The van der Waals surface area contributed by atoms with E-state index in [-0.39, 0.29) is 5.97 Å². The minimum Gasteiger partial charge on any atom is -0.464 e. The molecule has 4 atom stereocenters. The molecule has 1 saturated carbocycles. The van der Waals surface area contributed by atoms with Gasteiger partial charge in [0.05, 0.1) is 26.3 Å². The van der Waals surface area contributed by atoms with Gasteiger partial charge in [-0.1, -0.05) is 0 Å². The van der Waals surface area contributed by atoms with E-state index in [0.717, 1.165) is 19.3 Å². The largest absolute Gasteiger partial charge is 0.464 e. The first kappa shape index (κ1) is 17.5. The third kappa shape index (κ3) is 4.14. The molecule has 7 heteroatoms. The normalized spacial score (nSPS) is 30.0. The van der Waals surface area contributed by atoms with E-state index >= 15 is 0 Å². The lowest BCUT2D eigenvalue weighted by molar-refractivity contribution is -0.152. The zero-order chi connectivity index (χ0) is 16.8. The van der Waals surface area contributed by atoms with Gasteiger partial charge in [-0.25, -0.2) is 9.59 Å². The molecule has 0 radical (unpaired) electrons. The van der Waals surface area contributed by atoms with Crippen LogP contribution in [0, 0.1) is 23.2 Å². The van der Waals surface area contributed by atoms with Crippen molar-refractivity contribution in [3.8, 4) is 6.07 Å². The van der Waals surface area contributed by atoms with Gasteiger partial charge in [-0.05, 0) is 44.4 Å². The molecular weight excluding hydrogens is 298 g/mol. The maximum absolute atomic E-state index is 12.2. The molecule has 2 fully saturated rings. The van der Waals surface area contributed by atoms with Crippen LogP contribution in [0.2, 0.25) is 0 Å². The molecule has 0 spiro atoms. The second kappa shape index (κ2) is 8.16. The smallest absolute Gasteiger partial charge is 0.410 e. The molecule has 0 bridgehead atoms. The SMILES string of the molecule is CCOC(=O)C1CC2CC(NCC#N)CCC2CN1C(=O)OC. The van der Waals surface area contributed by atoms with E-state index in [2.05, 4.69) is 11.4 Å². The first-order valence-corrected chi connectivity index (χ1v) is 8.22. The number of amides is 1. The molecule has 2 rings (SSSR count). The number of methoxy groups -OCH3 is 1. The maximum Gasteiger partial charge on any atom is 0.410 e. The van der Waals surface area contributed by atoms with Crippen LogP contribution in [0.1, 0.15) is 32.6 Å². The molecule has 1 heterocycles. The van der Waals surface area contributed by atoms with Crippen LogP contribution >= 0.6 is 0 Å². The highest BCUT2D eigenvalue weighted by molar-refractivity contribution is 5.81. The number of esters is 1. The molecule has 1 aliphatic carbocycles. The van der Waals surface area contributed by atoms with Crippen molar-refractivity contribution in [2.45, 2.75) is 44.7 Å². The summed E-state index contributed by atoms with van der Waals surface area (Å²) >= 11 is 0. The number of carbonyl (C=O) groups excluding carboxylic acids is 2. The van der Waals surface area contributed by atoms with Gasteiger partial charge < -0.3 is 14.8 Å². The summed E-state index contributed by atoms with van der Waals surface area (Å²) in [5.41, 5.74) is 0. The third-order valence-electron chi connectivity index (χ3n) is 4.91. The summed E-state index contributed by atoms with van der Waals surface area (Å²) in [4.78, 5) is 25.8. The third-order valence-corrected chi connectivity index (χ3v) is 4.91. The molecule has 0 aromatic heterocycles. The number of hydrogen-bond acceptors (Lipinski definition) is 6. The fourth-order valence-corrected chi connectivity index (χ4v) is 3.81. The van der Waals surface area contributed by atoms with E-state index in [1.165, 1.54) is 12.0 Å². The summed E-state index contributed by atoms with van der Waals surface area (Å²) in [6, 6.07) is 1.84. The summed E-state index contributed by atoms with van der Waals surface area (Å²) < 4.78 is 9.96. The molecule has 1 saturated heterocycles. The second-order valence-corrected chi connectivity index (χ2v) is 6.20. The highest BCUT2D eigenvalue weighted by Crippen LogP contribution is 2.39. The lowest BCUT2D eigenvalue weighted by atomic mass is 9.71. The predicted molar refractivity (Wildman–Crippen MR) is 82.4 cm³/mol. The minimum atomic E-state index is -0.571. The van der Waals surface area contributed by atoms with Gasteiger partial charge >= 0.3 is 12.1 Å². The number of nitrogens with one attached hydrogen (secondary N) is 1. The van der Waals surface area contributed by atoms with Crippen molar-refractivity contribution in [3.63, 3.8) is 0 Å². The summed E-state index contributed by atoms with van der Waals surface area (Å²) in [6.45, 7) is 2.93. The number of ether oxygens (including phenoxy) is 2. The van der Waals surface area contributed by atoms with E-state index in [0.29, 0.717) is 44.0 Å². The molecule has 1 amide bonds. The molecule has 23 heavy (non-hydrogen) atoms. The molecule has 128 valence electrons. The van der Waals surface area contributed by atoms with E-state index < -0.39 is 12.1 Å². The summed E-state index contributed by atoms with van der Waals surface area (Å²) in [6.07, 6.45) is 3.03. The van der Waals surface area contributed by atoms with E-state index in [9.17, 15) is 9.59 Å². The first-order valence-electron chi connectivity index (χ1n) is 8.22. The quantitative estimate of drug-likeness (QED) is 0.619. The van der Waals surface area contributed by atoms with Crippen molar-refractivity contribution < 1.29 is 19.1 Å². The van der Waals surface area contributed by atoms with E-state index in [4.69, 9.17) is 14.7 Å². The Labute approximate surface area is 136 Å². The van der Waals surface area contributed by atoms with E-state index in [1.54, 1.807) is 6.92 Å². The Bertz CT molecular complexity index is 476. The molecule has 4 unspecified atom stereocenters. The Balaban J connectivity index is 2.06. The average molecular weight is 323 g/mol. The van der Waals surface area contributed by atoms with Crippen LogP contribution in [-0.2, 0) is 14.3 Å². The lowest BCUT2D eigenvalue weighted by Gasteiger charge is -2.46. The number of fused-ring (bicyclic) bond motifs is 1. The molecule has 1 aliphatic heterocycles. The molecule has 2 aliphatic rings. The van der Waals surface area contributed by atoms with E-state index in [1.807, 2.05) is 0 Å². The van der Waals surface area contributed by atoms with Crippen LogP contribution < -0.4 is 5.32 Å². The Hall–Kier alpha value is -1.81. The predicted octanol–water partition coefficient (Wildman–Crippen LogP) is 1.29. The highest BCUT2D eigenvalue weighted by atomic mass is 16.6. The first-order chi connectivity index (χ1) is 11.1. The molecule has 0 aromatic rings. The number of nitriles is 1. The van der Waals surface area contributed by atoms with Gasteiger partial charge in [0.15, 0.2) is 0 Å². The number of hydrogen-bond donors (Lipinski definition) is 1. The van der Waals surface area contributed by atoms with Crippen molar-refractivity contribution in [2.24, 2.45) is 11.8 Å². The number of nitrogens with zero attached hydrogens (tertiary/aromatic N) is 2. The topological polar surface area (TPSA) is 91.7 Å². The fourth-order valence-electron chi connectivity index (χ4n) is 3.81. The summed E-state index contributed by atoms with van der Waals surface area (Å²) in [5, 5.41) is 11.9. The number of piperidine rings is 1. The van der Waals surface area contributed by atoms with Crippen LogP contribution in [-0.4, -0.2) is 55.9 Å². The van der Waals surface area contributed by atoms with Crippen molar-refractivity contribution in [3.05, 3.63) is 0 Å². The highest BCUT2D eigenvalue weighted by Gasteiger charge is 2.44. The number of carbonyl (C=O) groups is 2. The molecular formula is C16H25N3O4. The van der Waals surface area contributed by atoms with Crippen LogP contribution in [0.3, 0.4) is 0 Å². The van der Waals surface area contributed by atoms with Crippen molar-refractivity contribution in [1.82, 2.24) is 10.2 Å². The average Bonchev–Trinajstić information content (AvgIpc) is 2.58. The summed E-state index contributed by atoms with van der Waals surface area (Å²) in [5.74, 6) is 0.374. The Morgan fingerprint density at radius 3 is 2.74 bits per heavy atom. The van der Waals surface area contributed by atoms with Crippen LogP contribution in [0.4, 0.5) is 4.79 Å². The monoisotopic (exact) mass is 323 g/mol. The van der Waals surface area contributed by atoms with Crippen LogP contribution in [0.15, 0.2) is 0 Å². The minimum absolute atomic E-state index is 0.296. The summed E-state index contributed by atoms with van der Waals surface area (Å²) in [7, 11) is 1.33. The van der Waals surface area contributed by atoms with Gasteiger partial charge in [-0.2, -0.15) is 5.26 Å². The van der Waals surface area contributed by atoms with Gasteiger partial charge in [-0.3, -0.25) is 4.90 Å². The number of likely N-dealkylation sites (tertiary alicyclic amines) is 1. The van der Waals surface area contributed by atoms with Gasteiger partial charge in [0.2, 0.25) is 0 Å². The molecule has 7 nitrogen and oxygen atoms in total. The van der Waals surface area contributed by atoms with Crippen LogP contribution in [0.5, 0.6) is 0 Å². The van der Waals surface area contributed by atoms with Crippen LogP contribution in [0.25, 0.3) is 0 Å². The van der Waals surface area contributed by atoms with Crippen molar-refractivity contribution in [2.75, 3.05) is 26.8 Å². The Morgan fingerprint density at radius 1 is 1.30 bits per heavy atom. The zero-order valence-electron chi connectivity index (χ0n) is 13.8. The molecule has 1 N–H and O–H groups in total. The standard InChI is InChI=1S/C16H25N3O4/c1-3-23-15(20)14-9-12-8-13(18-7-6-17)5-4-11(12)10-19(14)16(21)22-2/h11-14,18H,3-5,7-10H2,1-2H3. The van der Waals surface area contributed by atoms with Gasteiger partial charge in [0, 0.05) is 12.6 Å². The lowest BCUT2D eigenvalue weighted by Crippen LogP contribution is -2.56. The van der Waals surface area contributed by atoms with Crippen molar-refractivity contribution >= 4 is 12.1 Å². The van der Waals surface area contributed by atoms with Gasteiger partial charge in [0.1, 0.15) is 6.04 Å². The number of rotatable bonds is 4. The Morgan fingerprint density at radius 2 is 2.09 bits per heavy atom. The van der Waals surface area contributed by atoms with Gasteiger partial charge in [0.25, 0.3) is 0 Å².